The van der Waals surface area contributed by atoms with Gasteiger partial charge >= 0.3 is 0 Å². The number of aryl methyl sites for hydroxylation is 1. The second-order valence-corrected chi connectivity index (χ2v) is 4.20. The van der Waals surface area contributed by atoms with Crippen LogP contribution >= 0.6 is 0 Å². The second kappa shape index (κ2) is 5.25. The lowest BCUT2D eigenvalue weighted by Gasteiger charge is -2.15. The summed E-state index contributed by atoms with van der Waals surface area (Å²) >= 11 is 0. The fourth-order valence-corrected chi connectivity index (χ4v) is 2.00. The molecule has 1 atom stereocenters. The maximum atomic E-state index is 9.35. The molecule has 0 saturated carbocycles. The van der Waals surface area contributed by atoms with Crippen LogP contribution in [0.15, 0.2) is 30.3 Å². The van der Waals surface area contributed by atoms with Crippen LogP contribution in [-0.4, -0.2) is 23.2 Å². The van der Waals surface area contributed by atoms with E-state index in [1.165, 1.54) is 0 Å². The third kappa shape index (κ3) is 2.62. The van der Waals surface area contributed by atoms with E-state index in [1.54, 1.807) is 0 Å². The zero-order valence-electron chi connectivity index (χ0n) is 10.3. The molecule has 0 spiro atoms. The minimum atomic E-state index is 0.00528. The van der Waals surface area contributed by atoms with E-state index >= 15 is 0 Å². The van der Waals surface area contributed by atoms with Gasteiger partial charge in [0.2, 0.25) is 0 Å². The van der Waals surface area contributed by atoms with Crippen molar-refractivity contribution in [1.82, 2.24) is 10.3 Å². The molecule has 0 aliphatic carbocycles. The van der Waals surface area contributed by atoms with Crippen LogP contribution in [-0.2, 0) is 0 Å². The standard InChI is InChI=1S/C14H18N2O/c1-3-15-14(9-17)12-6-7-13-11(8-12)5-4-10(2)16-13/h4-8,14-15,17H,3,9H2,1-2H3. The Kier molecular flexibility index (Phi) is 3.71. The zero-order valence-corrected chi connectivity index (χ0v) is 10.3. The molecular weight excluding hydrogens is 212 g/mol. The van der Waals surface area contributed by atoms with E-state index in [0.717, 1.165) is 28.7 Å². The SMILES string of the molecule is CCNC(CO)c1ccc2nc(C)ccc2c1. The molecule has 0 aliphatic heterocycles. The van der Waals surface area contributed by atoms with Gasteiger partial charge in [0.15, 0.2) is 0 Å². The van der Waals surface area contributed by atoms with Gasteiger partial charge in [0.05, 0.1) is 18.2 Å². The molecule has 1 heterocycles. The lowest BCUT2D eigenvalue weighted by atomic mass is 10.0. The number of hydrogen-bond donors (Lipinski definition) is 2. The quantitative estimate of drug-likeness (QED) is 0.846. The van der Waals surface area contributed by atoms with Crippen LogP contribution in [0.5, 0.6) is 0 Å². The van der Waals surface area contributed by atoms with Gasteiger partial charge in [-0.25, -0.2) is 0 Å². The molecule has 0 saturated heterocycles. The van der Waals surface area contributed by atoms with Crippen LogP contribution < -0.4 is 5.32 Å². The number of hydrogen-bond acceptors (Lipinski definition) is 3. The summed E-state index contributed by atoms with van der Waals surface area (Å²) in [6.07, 6.45) is 0. The molecule has 0 fully saturated rings. The number of benzene rings is 1. The summed E-state index contributed by atoms with van der Waals surface area (Å²) < 4.78 is 0. The predicted octanol–water partition coefficient (Wildman–Crippen LogP) is 2.19. The molecule has 3 heteroatoms. The molecule has 0 aliphatic rings. The van der Waals surface area contributed by atoms with E-state index in [1.807, 2.05) is 32.0 Å². The van der Waals surface area contributed by atoms with Gasteiger partial charge in [-0.1, -0.05) is 19.1 Å². The summed E-state index contributed by atoms with van der Waals surface area (Å²) in [5, 5.41) is 13.7. The molecule has 1 unspecified atom stereocenters. The average molecular weight is 230 g/mol. The highest BCUT2D eigenvalue weighted by atomic mass is 16.3. The Morgan fingerprint density at radius 2 is 2.12 bits per heavy atom. The highest BCUT2D eigenvalue weighted by molar-refractivity contribution is 5.79. The largest absolute Gasteiger partial charge is 0.394 e. The van der Waals surface area contributed by atoms with E-state index < -0.39 is 0 Å². The van der Waals surface area contributed by atoms with Crippen molar-refractivity contribution in [1.29, 1.82) is 0 Å². The van der Waals surface area contributed by atoms with E-state index in [9.17, 15) is 5.11 Å². The summed E-state index contributed by atoms with van der Waals surface area (Å²) in [7, 11) is 0. The predicted molar refractivity (Wildman–Crippen MR) is 70.0 cm³/mol. The molecule has 0 radical (unpaired) electrons. The Balaban J connectivity index is 2.40. The lowest BCUT2D eigenvalue weighted by molar-refractivity contribution is 0.246. The smallest absolute Gasteiger partial charge is 0.0705 e. The number of nitrogens with one attached hydrogen (secondary N) is 1. The molecule has 1 aromatic heterocycles. The summed E-state index contributed by atoms with van der Waals surface area (Å²) in [5.74, 6) is 0. The number of aliphatic hydroxyl groups is 1. The lowest BCUT2D eigenvalue weighted by Crippen LogP contribution is -2.23. The van der Waals surface area contributed by atoms with E-state index in [0.29, 0.717) is 0 Å². The van der Waals surface area contributed by atoms with Gasteiger partial charge in [-0.3, -0.25) is 4.98 Å². The van der Waals surface area contributed by atoms with Crippen molar-refractivity contribution in [2.75, 3.05) is 13.2 Å². The number of nitrogens with zero attached hydrogens (tertiary/aromatic N) is 1. The Labute approximate surface area is 102 Å². The van der Waals surface area contributed by atoms with Gasteiger partial charge in [-0.2, -0.15) is 0 Å². The Bertz CT molecular complexity index is 511. The van der Waals surface area contributed by atoms with Gasteiger partial charge in [-0.15, -0.1) is 0 Å². The van der Waals surface area contributed by atoms with E-state index in [4.69, 9.17) is 0 Å². The molecule has 17 heavy (non-hydrogen) atoms. The molecule has 90 valence electrons. The third-order valence-electron chi connectivity index (χ3n) is 2.89. The van der Waals surface area contributed by atoms with Gasteiger partial charge in [0.25, 0.3) is 0 Å². The minimum Gasteiger partial charge on any atom is -0.394 e. The fraction of sp³-hybridized carbons (Fsp3) is 0.357. The topological polar surface area (TPSA) is 45.1 Å². The van der Waals surface area contributed by atoms with Crippen molar-refractivity contribution in [2.24, 2.45) is 0 Å². The number of pyridine rings is 1. The highest BCUT2D eigenvalue weighted by Crippen LogP contribution is 2.19. The van der Waals surface area contributed by atoms with Gasteiger partial charge in [0.1, 0.15) is 0 Å². The van der Waals surface area contributed by atoms with Crippen LogP contribution in [0.1, 0.15) is 24.2 Å². The van der Waals surface area contributed by atoms with Crippen molar-refractivity contribution < 1.29 is 5.11 Å². The summed E-state index contributed by atoms with van der Waals surface area (Å²) in [6.45, 7) is 4.98. The second-order valence-electron chi connectivity index (χ2n) is 4.20. The minimum absolute atomic E-state index is 0.00528. The average Bonchev–Trinajstić information content (AvgIpc) is 2.35. The monoisotopic (exact) mass is 230 g/mol. The Morgan fingerprint density at radius 1 is 1.29 bits per heavy atom. The Hall–Kier alpha value is -1.45. The van der Waals surface area contributed by atoms with Crippen molar-refractivity contribution in [3.05, 3.63) is 41.6 Å². The molecular formula is C14H18N2O. The Morgan fingerprint density at radius 3 is 2.82 bits per heavy atom. The number of rotatable bonds is 4. The number of fused-ring (bicyclic) bond motifs is 1. The first-order chi connectivity index (χ1) is 8.24. The summed E-state index contributed by atoms with van der Waals surface area (Å²) in [6, 6.07) is 10.2. The first-order valence-electron chi connectivity index (χ1n) is 5.96. The van der Waals surface area contributed by atoms with E-state index in [2.05, 4.69) is 22.4 Å². The maximum absolute atomic E-state index is 9.35. The van der Waals surface area contributed by atoms with Crippen molar-refractivity contribution >= 4 is 10.9 Å². The number of aliphatic hydroxyl groups excluding tert-OH is 1. The van der Waals surface area contributed by atoms with Gasteiger partial charge in [0, 0.05) is 11.1 Å². The molecule has 2 aromatic rings. The molecule has 1 aromatic carbocycles. The van der Waals surface area contributed by atoms with Crippen LogP contribution in [0, 0.1) is 6.92 Å². The molecule has 2 N–H and O–H groups in total. The molecule has 2 rings (SSSR count). The molecule has 3 nitrogen and oxygen atoms in total. The first kappa shape index (κ1) is 12.0. The fourth-order valence-electron chi connectivity index (χ4n) is 2.00. The van der Waals surface area contributed by atoms with Gasteiger partial charge in [-0.05, 0) is 37.2 Å². The van der Waals surface area contributed by atoms with Crippen molar-refractivity contribution in [2.45, 2.75) is 19.9 Å². The van der Waals surface area contributed by atoms with Gasteiger partial charge < -0.3 is 10.4 Å². The van der Waals surface area contributed by atoms with Crippen molar-refractivity contribution in [3.63, 3.8) is 0 Å². The first-order valence-corrected chi connectivity index (χ1v) is 5.96. The molecule has 0 amide bonds. The van der Waals surface area contributed by atoms with E-state index in [-0.39, 0.29) is 12.6 Å². The third-order valence-corrected chi connectivity index (χ3v) is 2.89. The number of likely N-dealkylation sites (N-methyl/N-ethyl adjacent to an activating group) is 1. The van der Waals surface area contributed by atoms with Crippen LogP contribution in [0.3, 0.4) is 0 Å². The summed E-state index contributed by atoms with van der Waals surface area (Å²) in [5.41, 5.74) is 3.13. The normalized spacial score (nSPS) is 12.9. The molecule has 0 bridgehead atoms. The summed E-state index contributed by atoms with van der Waals surface area (Å²) in [4.78, 5) is 4.47. The van der Waals surface area contributed by atoms with Crippen LogP contribution in [0.4, 0.5) is 0 Å². The van der Waals surface area contributed by atoms with Crippen LogP contribution in [0.25, 0.3) is 10.9 Å². The highest BCUT2D eigenvalue weighted by Gasteiger charge is 2.09. The zero-order chi connectivity index (χ0) is 12.3. The van der Waals surface area contributed by atoms with Crippen LogP contribution in [0.2, 0.25) is 0 Å². The number of aromatic nitrogens is 1. The van der Waals surface area contributed by atoms with Crippen molar-refractivity contribution in [3.8, 4) is 0 Å². The maximum Gasteiger partial charge on any atom is 0.0705 e.